The highest BCUT2D eigenvalue weighted by atomic mass is 16.8. The summed E-state index contributed by atoms with van der Waals surface area (Å²) in [6.07, 6.45) is 4.03. The Morgan fingerprint density at radius 1 is 1.36 bits per heavy atom. The van der Waals surface area contributed by atoms with Crippen molar-refractivity contribution in [1.82, 2.24) is 14.5 Å². The van der Waals surface area contributed by atoms with E-state index in [2.05, 4.69) is 14.5 Å². The summed E-state index contributed by atoms with van der Waals surface area (Å²) in [6, 6.07) is 1.99. The van der Waals surface area contributed by atoms with Gasteiger partial charge in [-0.15, -0.1) is 0 Å². The van der Waals surface area contributed by atoms with Crippen molar-refractivity contribution in [3.63, 3.8) is 0 Å². The highest BCUT2D eigenvalue weighted by molar-refractivity contribution is 5.86. The molecule has 0 bridgehead atoms. The predicted molar refractivity (Wildman–Crippen MR) is 80.0 cm³/mol. The van der Waals surface area contributed by atoms with E-state index in [1.165, 1.54) is 6.33 Å². The van der Waals surface area contributed by atoms with Crippen molar-refractivity contribution in [2.75, 3.05) is 12.3 Å². The molecule has 1 aliphatic carbocycles. The first-order chi connectivity index (χ1) is 10.5. The zero-order chi connectivity index (χ0) is 15.5. The molecule has 118 valence electrons. The van der Waals surface area contributed by atoms with Gasteiger partial charge in [-0.3, -0.25) is 0 Å². The van der Waals surface area contributed by atoms with Gasteiger partial charge in [-0.25, -0.2) is 9.97 Å². The van der Waals surface area contributed by atoms with Crippen molar-refractivity contribution >= 4 is 16.9 Å². The molecule has 2 aliphatic rings. The number of fused-ring (bicyclic) bond motifs is 2. The van der Waals surface area contributed by atoms with Crippen LogP contribution in [0, 0.1) is 5.92 Å². The molecule has 3 N–H and O–H groups in total. The summed E-state index contributed by atoms with van der Waals surface area (Å²) in [5, 5.41) is 10.5. The summed E-state index contributed by atoms with van der Waals surface area (Å²) < 4.78 is 14.2. The summed E-state index contributed by atoms with van der Waals surface area (Å²) in [6.45, 7) is 3.91. The molecule has 22 heavy (non-hydrogen) atoms. The number of nitrogens with zero attached hydrogens (tertiary/aromatic N) is 3. The van der Waals surface area contributed by atoms with Crippen LogP contribution in [-0.2, 0) is 9.47 Å². The summed E-state index contributed by atoms with van der Waals surface area (Å²) >= 11 is 0. The maximum absolute atomic E-state index is 9.67. The minimum Gasteiger partial charge on any atom is -0.396 e. The van der Waals surface area contributed by atoms with Crippen LogP contribution in [0.5, 0.6) is 0 Å². The van der Waals surface area contributed by atoms with Gasteiger partial charge in [0.15, 0.2) is 5.79 Å². The smallest absolute Gasteiger partial charge is 0.163 e. The lowest BCUT2D eigenvalue weighted by molar-refractivity contribution is -0.161. The summed E-state index contributed by atoms with van der Waals surface area (Å²) in [5.41, 5.74) is 6.71. The van der Waals surface area contributed by atoms with E-state index in [1.54, 1.807) is 0 Å². The van der Waals surface area contributed by atoms with Gasteiger partial charge in [0.1, 0.15) is 23.9 Å². The van der Waals surface area contributed by atoms with Crippen molar-refractivity contribution in [1.29, 1.82) is 0 Å². The van der Waals surface area contributed by atoms with Crippen LogP contribution >= 0.6 is 0 Å². The Bertz CT molecular complexity index is 714. The fourth-order valence-corrected chi connectivity index (χ4v) is 3.77. The van der Waals surface area contributed by atoms with Gasteiger partial charge in [-0.2, -0.15) is 0 Å². The van der Waals surface area contributed by atoms with E-state index in [-0.39, 0.29) is 30.8 Å². The number of aromatic nitrogens is 3. The Kier molecular flexibility index (Phi) is 2.94. The lowest BCUT2D eigenvalue weighted by atomic mass is 10.1. The van der Waals surface area contributed by atoms with Crippen molar-refractivity contribution in [2.45, 2.75) is 44.3 Å². The Balaban J connectivity index is 1.77. The third-order valence-corrected chi connectivity index (χ3v) is 4.68. The van der Waals surface area contributed by atoms with E-state index in [4.69, 9.17) is 15.2 Å². The molecule has 1 saturated carbocycles. The number of aliphatic hydroxyl groups is 1. The van der Waals surface area contributed by atoms with Gasteiger partial charge in [0.2, 0.25) is 0 Å². The minimum absolute atomic E-state index is 0.0633. The molecule has 7 nitrogen and oxygen atoms in total. The van der Waals surface area contributed by atoms with E-state index in [1.807, 2.05) is 26.1 Å². The lowest BCUT2D eigenvalue weighted by Crippen LogP contribution is -2.27. The van der Waals surface area contributed by atoms with Crippen LogP contribution in [0.2, 0.25) is 0 Å². The fraction of sp³-hybridized carbons (Fsp3) is 0.600. The summed E-state index contributed by atoms with van der Waals surface area (Å²) in [7, 11) is 0. The Hall–Kier alpha value is -1.70. The third kappa shape index (κ3) is 1.93. The highest BCUT2D eigenvalue weighted by Gasteiger charge is 2.54. The molecule has 0 amide bonds. The molecular weight excluding hydrogens is 284 g/mol. The predicted octanol–water partition coefficient (Wildman–Crippen LogP) is 1.09. The molecular formula is C15H20N4O3. The van der Waals surface area contributed by atoms with Gasteiger partial charge in [-0.05, 0) is 26.3 Å². The summed E-state index contributed by atoms with van der Waals surface area (Å²) in [4.78, 5) is 8.39. The monoisotopic (exact) mass is 304 g/mol. The number of nitrogen functional groups attached to an aromatic ring is 1. The van der Waals surface area contributed by atoms with Crippen molar-refractivity contribution in [3.8, 4) is 0 Å². The van der Waals surface area contributed by atoms with E-state index >= 15 is 0 Å². The molecule has 1 aliphatic heterocycles. The number of anilines is 1. The number of ether oxygens (including phenoxy) is 2. The quantitative estimate of drug-likeness (QED) is 0.862. The summed E-state index contributed by atoms with van der Waals surface area (Å²) in [5.74, 6) is -0.0902. The second-order valence-corrected chi connectivity index (χ2v) is 6.53. The molecule has 0 radical (unpaired) electrons. The van der Waals surface area contributed by atoms with Gasteiger partial charge >= 0.3 is 0 Å². The second-order valence-electron chi connectivity index (χ2n) is 6.53. The molecule has 0 spiro atoms. The normalized spacial score (nSPS) is 33.4. The largest absolute Gasteiger partial charge is 0.396 e. The van der Waals surface area contributed by atoms with E-state index in [0.29, 0.717) is 5.82 Å². The van der Waals surface area contributed by atoms with Gasteiger partial charge in [-0.1, -0.05) is 0 Å². The molecule has 2 fully saturated rings. The number of nitrogens with two attached hydrogens (primary N) is 1. The second kappa shape index (κ2) is 4.65. The first-order valence-corrected chi connectivity index (χ1v) is 7.53. The zero-order valence-electron chi connectivity index (χ0n) is 12.6. The number of rotatable bonds is 2. The van der Waals surface area contributed by atoms with Crippen LogP contribution in [0.4, 0.5) is 5.82 Å². The van der Waals surface area contributed by atoms with Gasteiger partial charge in [0.25, 0.3) is 0 Å². The molecule has 1 saturated heterocycles. The van der Waals surface area contributed by atoms with Crippen LogP contribution in [0.15, 0.2) is 18.6 Å². The Morgan fingerprint density at radius 3 is 2.91 bits per heavy atom. The fourth-order valence-electron chi connectivity index (χ4n) is 3.77. The molecule has 4 unspecified atom stereocenters. The lowest BCUT2D eigenvalue weighted by Gasteiger charge is -2.24. The maximum Gasteiger partial charge on any atom is 0.163 e. The van der Waals surface area contributed by atoms with Crippen LogP contribution in [0.3, 0.4) is 0 Å². The van der Waals surface area contributed by atoms with Crippen molar-refractivity contribution in [3.05, 3.63) is 18.6 Å². The minimum atomic E-state index is -0.627. The van der Waals surface area contributed by atoms with Crippen LogP contribution in [0.25, 0.3) is 11.0 Å². The Morgan fingerprint density at radius 2 is 2.14 bits per heavy atom. The van der Waals surface area contributed by atoms with Gasteiger partial charge in [0.05, 0.1) is 17.5 Å². The average Bonchev–Trinajstić information content (AvgIpc) is 3.10. The number of hydrogen-bond donors (Lipinski definition) is 2. The average molecular weight is 304 g/mol. The molecule has 7 heteroatoms. The number of hydrogen-bond acceptors (Lipinski definition) is 6. The zero-order valence-corrected chi connectivity index (χ0v) is 12.6. The molecule has 2 aromatic rings. The van der Waals surface area contributed by atoms with E-state index in [9.17, 15) is 5.11 Å². The Labute approximate surface area is 128 Å². The van der Waals surface area contributed by atoms with Crippen LogP contribution in [0.1, 0.15) is 26.3 Å². The third-order valence-electron chi connectivity index (χ3n) is 4.68. The maximum atomic E-state index is 9.67. The van der Waals surface area contributed by atoms with Crippen molar-refractivity contribution in [2.24, 2.45) is 5.92 Å². The highest BCUT2D eigenvalue weighted by Crippen LogP contribution is 2.47. The van der Waals surface area contributed by atoms with Crippen LogP contribution in [-0.4, -0.2) is 44.2 Å². The molecule has 4 atom stereocenters. The van der Waals surface area contributed by atoms with E-state index < -0.39 is 5.79 Å². The van der Waals surface area contributed by atoms with Gasteiger partial charge < -0.3 is 24.9 Å². The standard InChI is InChI=1S/C15H20N4O3/c1-15(2)21-11-8(6-20)5-10(12(11)22-15)19-4-3-9-13(16)17-7-18-14(9)19/h3-4,7-8,10-12,20H,5-6H2,1-2H3,(H2,16,17,18). The van der Waals surface area contributed by atoms with E-state index in [0.717, 1.165) is 17.5 Å². The van der Waals surface area contributed by atoms with Gasteiger partial charge in [0, 0.05) is 18.7 Å². The molecule has 0 aromatic carbocycles. The van der Waals surface area contributed by atoms with Crippen molar-refractivity contribution < 1.29 is 14.6 Å². The number of aliphatic hydroxyl groups excluding tert-OH is 1. The first kappa shape index (κ1) is 13.9. The SMILES string of the molecule is CC1(C)OC2C(CO)CC(n3ccc4c(N)ncnc43)C2O1. The van der Waals surface area contributed by atoms with Crippen LogP contribution < -0.4 is 5.73 Å². The molecule has 2 aromatic heterocycles. The first-order valence-electron chi connectivity index (χ1n) is 7.53. The topological polar surface area (TPSA) is 95.4 Å². The molecule has 4 rings (SSSR count). The molecule has 3 heterocycles.